The molecule has 0 atom stereocenters. The number of carboxylic acids is 1. The van der Waals surface area contributed by atoms with Crippen LogP contribution in [0.15, 0.2) is 0 Å². The van der Waals surface area contributed by atoms with Crippen LogP contribution in [0.4, 0.5) is 0 Å². The van der Waals surface area contributed by atoms with Gasteiger partial charge < -0.3 is 15.4 Å². The maximum absolute atomic E-state index is 10.1. The van der Waals surface area contributed by atoms with E-state index >= 15 is 0 Å². The maximum atomic E-state index is 10.1. The molecule has 0 aromatic rings. The molecule has 66 valence electrons. The summed E-state index contributed by atoms with van der Waals surface area (Å²) in [4.78, 5) is 10.1. The number of carbonyl (C=O) groups is 1. The van der Waals surface area contributed by atoms with E-state index in [0.29, 0.717) is 12.8 Å². The number of aliphatic hydroxyl groups is 1. The molecule has 0 spiro atoms. The van der Waals surface area contributed by atoms with Crippen LogP contribution in [-0.2, 0) is 4.79 Å². The highest BCUT2D eigenvalue weighted by atomic mass is 16.5. The van der Waals surface area contributed by atoms with Crippen LogP contribution in [0.3, 0.4) is 0 Å². The number of hydrogen-bond acceptors (Lipinski definition) is 4. The normalized spacial score (nSPS) is 27.9. The third kappa shape index (κ3) is 2.83. The van der Waals surface area contributed by atoms with Gasteiger partial charge in [-0.2, -0.15) is 0 Å². The molecule has 0 unspecified atom stereocenters. The Labute approximate surface area is 64.6 Å². The van der Waals surface area contributed by atoms with E-state index in [0.717, 1.165) is 7.11 Å². The molecule has 0 aromatic carbocycles. The molecule has 0 saturated heterocycles. The molecule has 11 heavy (non-hydrogen) atoms. The average Bonchev–Trinajstić information content (AvgIpc) is 1.89. The lowest BCUT2D eigenvalue weighted by atomic mass is 9.81. The number of aliphatic hydroxyl groups excluding tert-OH is 1. The van der Waals surface area contributed by atoms with Crippen LogP contribution >= 0.6 is 0 Å². The Morgan fingerprint density at radius 3 is 2.18 bits per heavy atom. The topological polar surface area (TPSA) is 89.8 Å². The number of carboxylic acid groups (broad SMARTS) is 1. The number of rotatable bonds is 2. The van der Waals surface area contributed by atoms with Crippen LogP contribution in [0.5, 0.6) is 0 Å². The Hall–Kier alpha value is -0.650. The number of hydrogen-bond donors (Lipinski definition) is 4. The quantitative estimate of drug-likeness (QED) is 0.409. The molecule has 0 aliphatic heterocycles. The monoisotopic (exact) mass is 163 g/mol. The fraction of sp³-hybridized carbons (Fsp3) is 0.833. The van der Waals surface area contributed by atoms with E-state index in [1.807, 2.05) is 5.48 Å². The van der Waals surface area contributed by atoms with Gasteiger partial charge in [0, 0.05) is 13.2 Å². The van der Waals surface area contributed by atoms with Gasteiger partial charge in [-0.25, -0.2) is 5.48 Å². The predicted molar refractivity (Wildman–Crippen MR) is 37.2 cm³/mol. The Bertz CT molecular complexity index is 122. The van der Waals surface area contributed by atoms with Gasteiger partial charge in [0.05, 0.1) is 5.92 Å². The summed E-state index contributed by atoms with van der Waals surface area (Å²) in [5, 5.41) is 23.6. The molecule has 0 amide bonds. The summed E-state index contributed by atoms with van der Waals surface area (Å²) in [6.07, 6.45) is 1.09. The second-order valence-corrected chi connectivity index (χ2v) is 2.33. The van der Waals surface area contributed by atoms with Gasteiger partial charge in [0.15, 0.2) is 0 Å². The first-order valence-corrected chi connectivity index (χ1v) is 3.31. The van der Waals surface area contributed by atoms with E-state index in [2.05, 4.69) is 0 Å². The Kier molecular flexibility index (Phi) is 4.76. The first-order chi connectivity index (χ1) is 5.24. The standard InChI is InChI=1S/C5H9NO3.CH4O/c7-5(8)3-1-4(2-3)6-9;1-2/h3-4,6,9H,1-2H2,(H,7,8);2H,1H3. The van der Waals surface area contributed by atoms with Crippen LogP contribution in [0.1, 0.15) is 12.8 Å². The second-order valence-electron chi connectivity index (χ2n) is 2.33. The van der Waals surface area contributed by atoms with Crippen molar-refractivity contribution in [2.75, 3.05) is 7.11 Å². The van der Waals surface area contributed by atoms with Crippen molar-refractivity contribution < 1.29 is 20.2 Å². The minimum Gasteiger partial charge on any atom is -0.481 e. The molecular formula is C6H13NO4. The molecule has 1 saturated carbocycles. The van der Waals surface area contributed by atoms with E-state index in [-0.39, 0.29) is 12.0 Å². The van der Waals surface area contributed by atoms with Gasteiger partial charge >= 0.3 is 5.97 Å². The molecule has 0 heterocycles. The van der Waals surface area contributed by atoms with E-state index in [4.69, 9.17) is 15.4 Å². The molecule has 1 rings (SSSR count). The molecule has 0 radical (unpaired) electrons. The summed E-state index contributed by atoms with van der Waals surface area (Å²) in [7, 11) is 1.00. The maximum Gasteiger partial charge on any atom is 0.306 e. The zero-order chi connectivity index (χ0) is 8.85. The minimum absolute atomic E-state index is 0.00565. The van der Waals surface area contributed by atoms with Crippen LogP contribution in [-0.4, -0.2) is 34.5 Å². The zero-order valence-corrected chi connectivity index (χ0v) is 6.32. The first kappa shape index (κ1) is 10.3. The fourth-order valence-electron chi connectivity index (χ4n) is 0.925. The minimum atomic E-state index is -0.762. The van der Waals surface area contributed by atoms with Crippen molar-refractivity contribution in [2.24, 2.45) is 5.92 Å². The van der Waals surface area contributed by atoms with Gasteiger partial charge in [-0.15, -0.1) is 0 Å². The Morgan fingerprint density at radius 1 is 1.45 bits per heavy atom. The van der Waals surface area contributed by atoms with Crippen molar-refractivity contribution >= 4 is 5.97 Å². The zero-order valence-electron chi connectivity index (χ0n) is 6.32. The third-order valence-corrected chi connectivity index (χ3v) is 1.67. The van der Waals surface area contributed by atoms with Crippen LogP contribution < -0.4 is 5.48 Å². The van der Waals surface area contributed by atoms with E-state index < -0.39 is 5.97 Å². The van der Waals surface area contributed by atoms with Crippen LogP contribution in [0, 0.1) is 5.92 Å². The highest BCUT2D eigenvalue weighted by molar-refractivity contribution is 5.71. The molecule has 0 aromatic heterocycles. The molecule has 0 bridgehead atoms. The van der Waals surface area contributed by atoms with E-state index in [9.17, 15) is 4.79 Å². The summed E-state index contributed by atoms with van der Waals surface area (Å²) in [5.74, 6) is -1.00. The van der Waals surface area contributed by atoms with Gasteiger partial charge in [0.1, 0.15) is 0 Å². The van der Waals surface area contributed by atoms with Crippen LogP contribution in [0.2, 0.25) is 0 Å². The SMILES string of the molecule is CO.O=C(O)C1CC(NO)C1. The van der Waals surface area contributed by atoms with E-state index in [1.165, 1.54) is 0 Å². The number of aliphatic carboxylic acids is 1. The average molecular weight is 163 g/mol. The number of nitrogens with one attached hydrogen (secondary N) is 1. The summed E-state index contributed by atoms with van der Waals surface area (Å²) >= 11 is 0. The largest absolute Gasteiger partial charge is 0.481 e. The molecule has 1 aliphatic rings. The highest BCUT2D eigenvalue weighted by Gasteiger charge is 2.33. The molecule has 4 N–H and O–H groups in total. The smallest absolute Gasteiger partial charge is 0.306 e. The van der Waals surface area contributed by atoms with Crippen molar-refractivity contribution in [3.63, 3.8) is 0 Å². The molecule has 5 nitrogen and oxygen atoms in total. The Balaban J connectivity index is 0.000000461. The first-order valence-electron chi connectivity index (χ1n) is 3.31. The van der Waals surface area contributed by atoms with Crippen molar-refractivity contribution in [2.45, 2.75) is 18.9 Å². The molecular weight excluding hydrogens is 150 g/mol. The second kappa shape index (κ2) is 5.06. The lowest BCUT2D eigenvalue weighted by Gasteiger charge is -2.30. The fourth-order valence-corrected chi connectivity index (χ4v) is 0.925. The van der Waals surface area contributed by atoms with Gasteiger partial charge in [-0.1, -0.05) is 0 Å². The van der Waals surface area contributed by atoms with Crippen molar-refractivity contribution in [1.29, 1.82) is 0 Å². The summed E-state index contributed by atoms with van der Waals surface area (Å²) < 4.78 is 0. The van der Waals surface area contributed by atoms with Gasteiger partial charge in [-0.05, 0) is 12.8 Å². The number of hydroxylamine groups is 1. The van der Waals surface area contributed by atoms with Gasteiger partial charge in [0.25, 0.3) is 0 Å². The van der Waals surface area contributed by atoms with Gasteiger partial charge in [-0.3, -0.25) is 4.79 Å². The molecule has 1 aliphatic carbocycles. The lowest BCUT2D eigenvalue weighted by Crippen LogP contribution is -2.42. The molecule has 5 heteroatoms. The van der Waals surface area contributed by atoms with Crippen molar-refractivity contribution in [3.8, 4) is 0 Å². The predicted octanol–water partition coefficient (Wildman–Crippen LogP) is -0.563. The highest BCUT2D eigenvalue weighted by Crippen LogP contribution is 2.26. The summed E-state index contributed by atoms with van der Waals surface area (Å²) in [5.41, 5.74) is 2.02. The molecule has 1 fully saturated rings. The van der Waals surface area contributed by atoms with Crippen molar-refractivity contribution in [1.82, 2.24) is 5.48 Å². The Morgan fingerprint density at radius 2 is 1.91 bits per heavy atom. The van der Waals surface area contributed by atoms with E-state index in [1.54, 1.807) is 0 Å². The summed E-state index contributed by atoms with van der Waals surface area (Å²) in [6, 6.07) is 0.00565. The van der Waals surface area contributed by atoms with Crippen molar-refractivity contribution in [3.05, 3.63) is 0 Å². The summed E-state index contributed by atoms with van der Waals surface area (Å²) in [6.45, 7) is 0. The third-order valence-electron chi connectivity index (χ3n) is 1.67. The lowest BCUT2D eigenvalue weighted by molar-refractivity contribution is -0.146. The van der Waals surface area contributed by atoms with Crippen LogP contribution in [0.25, 0.3) is 0 Å². The van der Waals surface area contributed by atoms with Gasteiger partial charge in [0.2, 0.25) is 0 Å².